The van der Waals surface area contributed by atoms with E-state index in [1.54, 1.807) is 0 Å². The van der Waals surface area contributed by atoms with Crippen LogP contribution >= 0.6 is 0 Å². The molecule has 1 heterocycles. The van der Waals surface area contributed by atoms with Gasteiger partial charge in [-0.15, -0.1) is 0 Å². The van der Waals surface area contributed by atoms with E-state index in [2.05, 4.69) is 5.32 Å². The van der Waals surface area contributed by atoms with Gasteiger partial charge in [-0.3, -0.25) is 4.79 Å². The zero-order valence-electron chi connectivity index (χ0n) is 7.16. The molecule has 1 rings (SSSR count). The second-order valence-corrected chi connectivity index (χ2v) is 3.38. The number of nitrogens with one attached hydrogen (secondary N) is 1. The van der Waals surface area contributed by atoms with Crippen molar-refractivity contribution in [2.75, 3.05) is 6.54 Å². The molecule has 0 aliphatic carbocycles. The summed E-state index contributed by atoms with van der Waals surface area (Å²) in [6.45, 7) is 0.165. The zero-order chi connectivity index (χ0) is 9.90. The van der Waals surface area contributed by atoms with E-state index in [9.17, 15) is 18.0 Å². The predicted octanol–water partition coefficient (Wildman–Crippen LogP) is 1.86. The molecule has 76 valence electrons. The average Bonchev–Trinajstić information content (AvgIpc) is 2.12. The van der Waals surface area contributed by atoms with Crippen LogP contribution in [0, 0.1) is 5.92 Å². The van der Waals surface area contributed by atoms with Crippen LogP contribution in [0.1, 0.15) is 25.7 Å². The molecule has 1 fully saturated rings. The second-order valence-electron chi connectivity index (χ2n) is 3.38. The minimum atomic E-state index is -4.11. The minimum absolute atomic E-state index is 0.135. The van der Waals surface area contributed by atoms with Crippen molar-refractivity contribution >= 4 is 5.91 Å². The van der Waals surface area contributed by atoms with Gasteiger partial charge in [-0.1, -0.05) is 0 Å². The number of hydrogen-bond donors (Lipinski definition) is 1. The lowest BCUT2D eigenvalue weighted by atomic mass is 10.00. The van der Waals surface area contributed by atoms with Gasteiger partial charge in [-0.25, -0.2) is 0 Å². The molecule has 0 aromatic heterocycles. The normalized spacial score (nSPS) is 25.2. The number of carbonyl (C=O) groups excluding carboxylic acids is 1. The highest BCUT2D eigenvalue weighted by molar-refractivity contribution is 5.76. The monoisotopic (exact) mass is 195 g/mol. The molecule has 1 aliphatic heterocycles. The fraction of sp³-hybridized carbons (Fsp3) is 0.875. The van der Waals surface area contributed by atoms with Crippen molar-refractivity contribution < 1.29 is 18.0 Å². The summed E-state index contributed by atoms with van der Waals surface area (Å²) >= 11 is 0. The van der Waals surface area contributed by atoms with Crippen molar-refractivity contribution in [2.24, 2.45) is 5.92 Å². The summed E-state index contributed by atoms with van der Waals surface area (Å²) in [7, 11) is 0. The lowest BCUT2D eigenvalue weighted by molar-refractivity contribution is -0.144. The SMILES string of the molecule is O=C1CCCC(CC(F)(F)F)CN1. The number of alkyl halides is 3. The summed E-state index contributed by atoms with van der Waals surface area (Å²) in [5.41, 5.74) is 0. The lowest BCUT2D eigenvalue weighted by Gasteiger charge is -2.15. The molecular formula is C8H12F3NO. The van der Waals surface area contributed by atoms with E-state index in [1.807, 2.05) is 0 Å². The first-order chi connectivity index (χ1) is 5.97. The topological polar surface area (TPSA) is 29.1 Å². The molecule has 1 saturated heterocycles. The van der Waals surface area contributed by atoms with Crippen LogP contribution in [0.3, 0.4) is 0 Å². The van der Waals surface area contributed by atoms with Crippen molar-refractivity contribution in [2.45, 2.75) is 31.9 Å². The Bertz CT molecular complexity index is 190. The summed E-state index contributed by atoms with van der Waals surface area (Å²) in [5.74, 6) is -0.573. The van der Waals surface area contributed by atoms with Crippen molar-refractivity contribution in [1.82, 2.24) is 5.32 Å². The largest absolute Gasteiger partial charge is 0.389 e. The standard InChI is InChI=1S/C8H12F3NO/c9-8(10,11)4-6-2-1-3-7(13)12-5-6/h6H,1-5H2,(H,12,13). The summed E-state index contributed by atoms with van der Waals surface area (Å²) < 4.78 is 35.9. The van der Waals surface area contributed by atoms with E-state index < -0.39 is 18.5 Å². The highest BCUT2D eigenvalue weighted by Crippen LogP contribution is 2.28. The van der Waals surface area contributed by atoms with E-state index in [-0.39, 0.29) is 12.5 Å². The summed E-state index contributed by atoms with van der Waals surface area (Å²) in [6, 6.07) is 0. The molecule has 0 bridgehead atoms. The minimum Gasteiger partial charge on any atom is -0.356 e. The Balaban J connectivity index is 2.38. The maximum atomic E-state index is 12.0. The maximum Gasteiger partial charge on any atom is 0.389 e. The van der Waals surface area contributed by atoms with Crippen molar-refractivity contribution in [3.8, 4) is 0 Å². The molecule has 5 heteroatoms. The molecule has 1 atom stereocenters. The van der Waals surface area contributed by atoms with Crippen molar-refractivity contribution in [3.63, 3.8) is 0 Å². The third-order valence-electron chi connectivity index (χ3n) is 2.12. The van der Waals surface area contributed by atoms with E-state index in [0.29, 0.717) is 19.3 Å². The van der Waals surface area contributed by atoms with E-state index >= 15 is 0 Å². The van der Waals surface area contributed by atoms with Crippen molar-refractivity contribution in [3.05, 3.63) is 0 Å². The molecule has 0 saturated carbocycles. The Morgan fingerprint density at radius 2 is 2.15 bits per heavy atom. The van der Waals surface area contributed by atoms with Gasteiger partial charge >= 0.3 is 6.18 Å². The molecule has 1 N–H and O–H groups in total. The molecule has 1 amide bonds. The third-order valence-corrected chi connectivity index (χ3v) is 2.12. The maximum absolute atomic E-state index is 12.0. The molecule has 1 unspecified atom stereocenters. The summed E-state index contributed by atoms with van der Waals surface area (Å²) in [4.78, 5) is 10.8. The Morgan fingerprint density at radius 3 is 2.77 bits per heavy atom. The van der Waals surface area contributed by atoms with Crippen LogP contribution in [0.5, 0.6) is 0 Å². The molecule has 0 aromatic carbocycles. The van der Waals surface area contributed by atoms with Crippen LogP contribution in [0.4, 0.5) is 13.2 Å². The van der Waals surface area contributed by atoms with Gasteiger partial charge in [0, 0.05) is 19.4 Å². The molecule has 2 nitrogen and oxygen atoms in total. The van der Waals surface area contributed by atoms with Gasteiger partial charge in [-0.2, -0.15) is 13.2 Å². The first-order valence-electron chi connectivity index (χ1n) is 4.31. The second kappa shape index (κ2) is 3.98. The summed E-state index contributed by atoms with van der Waals surface area (Å²) in [5, 5.41) is 2.48. The smallest absolute Gasteiger partial charge is 0.356 e. The molecule has 13 heavy (non-hydrogen) atoms. The molecule has 0 spiro atoms. The van der Waals surface area contributed by atoms with Crippen LogP contribution in [0.25, 0.3) is 0 Å². The van der Waals surface area contributed by atoms with Crippen LogP contribution in [-0.2, 0) is 4.79 Å². The molecule has 1 aliphatic rings. The van der Waals surface area contributed by atoms with Crippen LogP contribution in [-0.4, -0.2) is 18.6 Å². The fourth-order valence-electron chi connectivity index (χ4n) is 1.50. The van der Waals surface area contributed by atoms with Gasteiger partial charge in [0.15, 0.2) is 0 Å². The number of halogens is 3. The first-order valence-corrected chi connectivity index (χ1v) is 4.31. The van der Waals surface area contributed by atoms with Gasteiger partial charge in [0.2, 0.25) is 5.91 Å². The number of carbonyl (C=O) groups is 1. The third kappa shape index (κ3) is 4.15. The Hall–Kier alpha value is -0.740. The van der Waals surface area contributed by atoms with Crippen molar-refractivity contribution in [1.29, 1.82) is 0 Å². The zero-order valence-corrected chi connectivity index (χ0v) is 7.16. The van der Waals surface area contributed by atoms with E-state index in [4.69, 9.17) is 0 Å². The van der Waals surface area contributed by atoms with Crippen LogP contribution in [0.15, 0.2) is 0 Å². The Kier molecular flexibility index (Phi) is 3.17. The van der Waals surface area contributed by atoms with Gasteiger partial charge < -0.3 is 5.32 Å². The van der Waals surface area contributed by atoms with Gasteiger partial charge in [-0.05, 0) is 18.8 Å². The number of amides is 1. The number of hydrogen-bond acceptors (Lipinski definition) is 1. The van der Waals surface area contributed by atoms with Crippen LogP contribution < -0.4 is 5.32 Å². The Labute approximate surface area is 74.5 Å². The van der Waals surface area contributed by atoms with Gasteiger partial charge in [0.1, 0.15) is 0 Å². The first kappa shape index (κ1) is 10.3. The molecular weight excluding hydrogens is 183 g/mol. The lowest BCUT2D eigenvalue weighted by Crippen LogP contribution is -2.28. The predicted molar refractivity (Wildman–Crippen MR) is 41.0 cm³/mol. The quantitative estimate of drug-likeness (QED) is 0.679. The average molecular weight is 195 g/mol. The summed E-state index contributed by atoms with van der Waals surface area (Å²) in [6.07, 6.45) is -3.49. The molecule has 0 radical (unpaired) electrons. The number of rotatable bonds is 1. The van der Waals surface area contributed by atoms with Crippen LogP contribution in [0.2, 0.25) is 0 Å². The molecule has 0 aromatic rings. The van der Waals surface area contributed by atoms with Gasteiger partial charge in [0.05, 0.1) is 0 Å². The highest BCUT2D eigenvalue weighted by atomic mass is 19.4. The Morgan fingerprint density at radius 1 is 1.46 bits per heavy atom. The van der Waals surface area contributed by atoms with E-state index in [1.165, 1.54) is 0 Å². The highest BCUT2D eigenvalue weighted by Gasteiger charge is 2.32. The van der Waals surface area contributed by atoms with Gasteiger partial charge in [0.25, 0.3) is 0 Å². The fourth-order valence-corrected chi connectivity index (χ4v) is 1.50. The van der Waals surface area contributed by atoms with E-state index in [0.717, 1.165) is 0 Å².